The average Bonchev–Trinajstić information content (AvgIpc) is 2.25. The molecule has 0 radical (unpaired) electrons. The van der Waals surface area contributed by atoms with Crippen LogP contribution in [-0.4, -0.2) is 24.5 Å². The highest BCUT2D eigenvalue weighted by Crippen LogP contribution is 2.05. The monoisotopic (exact) mass is 205 g/mol. The zero-order chi connectivity index (χ0) is 11.1. The highest BCUT2D eigenvalue weighted by molar-refractivity contribution is 5.14. The summed E-state index contributed by atoms with van der Waals surface area (Å²) in [5.41, 5.74) is 1.46. The van der Waals surface area contributed by atoms with E-state index in [2.05, 4.69) is 56.1 Å². The molecule has 0 unspecified atom stereocenters. The van der Waals surface area contributed by atoms with Gasteiger partial charge in [0, 0.05) is 6.04 Å². The summed E-state index contributed by atoms with van der Waals surface area (Å²) in [5, 5.41) is 0. The van der Waals surface area contributed by atoms with E-state index in [1.165, 1.54) is 31.4 Å². The summed E-state index contributed by atoms with van der Waals surface area (Å²) in [6, 6.07) is 11.4. The number of rotatable bonds is 6. The van der Waals surface area contributed by atoms with Crippen molar-refractivity contribution in [1.82, 2.24) is 4.90 Å². The lowest BCUT2D eigenvalue weighted by Crippen LogP contribution is -2.27. The van der Waals surface area contributed by atoms with Crippen molar-refractivity contribution in [3.05, 3.63) is 35.9 Å². The van der Waals surface area contributed by atoms with Crippen molar-refractivity contribution in [2.75, 3.05) is 13.6 Å². The zero-order valence-electron chi connectivity index (χ0n) is 10.2. The summed E-state index contributed by atoms with van der Waals surface area (Å²) >= 11 is 0. The van der Waals surface area contributed by atoms with Gasteiger partial charge in [0.1, 0.15) is 0 Å². The van der Waals surface area contributed by atoms with Crippen molar-refractivity contribution in [3.63, 3.8) is 0 Å². The van der Waals surface area contributed by atoms with Crippen LogP contribution in [0.4, 0.5) is 0 Å². The molecule has 0 N–H and O–H groups in total. The number of unbranched alkanes of at least 4 members (excludes halogenated alkanes) is 1. The van der Waals surface area contributed by atoms with Gasteiger partial charge in [-0.15, -0.1) is 0 Å². The minimum atomic E-state index is 0.668. The molecule has 1 heteroatoms. The highest BCUT2D eigenvalue weighted by atomic mass is 15.1. The van der Waals surface area contributed by atoms with Crippen molar-refractivity contribution < 1.29 is 0 Å². The second kappa shape index (κ2) is 6.62. The third-order valence-corrected chi connectivity index (χ3v) is 2.95. The van der Waals surface area contributed by atoms with E-state index in [9.17, 15) is 0 Å². The van der Waals surface area contributed by atoms with E-state index in [4.69, 9.17) is 0 Å². The second-order valence-corrected chi connectivity index (χ2v) is 4.52. The Morgan fingerprint density at radius 3 is 2.33 bits per heavy atom. The molecule has 0 saturated carbocycles. The van der Waals surface area contributed by atoms with Crippen molar-refractivity contribution in [3.8, 4) is 0 Å². The molecule has 0 heterocycles. The third-order valence-electron chi connectivity index (χ3n) is 2.95. The molecule has 0 spiro atoms. The lowest BCUT2D eigenvalue weighted by molar-refractivity contribution is 0.268. The van der Waals surface area contributed by atoms with Gasteiger partial charge in [0.05, 0.1) is 0 Å². The van der Waals surface area contributed by atoms with Gasteiger partial charge in [-0.05, 0) is 52.3 Å². The molecular formula is C14H23N. The van der Waals surface area contributed by atoms with E-state index in [1.54, 1.807) is 0 Å². The van der Waals surface area contributed by atoms with E-state index >= 15 is 0 Å². The molecule has 0 aromatic heterocycles. The zero-order valence-corrected chi connectivity index (χ0v) is 10.2. The SMILES string of the molecule is CC(C)N(C)CCCCc1ccccc1. The van der Waals surface area contributed by atoms with E-state index in [-0.39, 0.29) is 0 Å². The summed E-state index contributed by atoms with van der Waals surface area (Å²) < 4.78 is 0. The van der Waals surface area contributed by atoms with Gasteiger partial charge in [0.15, 0.2) is 0 Å². The quantitative estimate of drug-likeness (QED) is 0.644. The summed E-state index contributed by atoms with van der Waals surface area (Å²) in [4.78, 5) is 2.41. The Morgan fingerprint density at radius 2 is 1.73 bits per heavy atom. The first kappa shape index (κ1) is 12.3. The summed E-state index contributed by atoms with van der Waals surface area (Å²) in [7, 11) is 2.20. The first-order valence-corrected chi connectivity index (χ1v) is 5.94. The molecule has 1 nitrogen and oxygen atoms in total. The van der Waals surface area contributed by atoms with E-state index in [1.807, 2.05) is 0 Å². The Bertz CT molecular complexity index is 253. The first-order chi connectivity index (χ1) is 7.20. The van der Waals surface area contributed by atoms with Crippen LogP contribution in [0, 0.1) is 0 Å². The number of aryl methyl sites for hydroxylation is 1. The molecule has 0 saturated heterocycles. The summed E-state index contributed by atoms with van der Waals surface area (Å²) in [6.45, 7) is 5.71. The van der Waals surface area contributed by atoms with Crippen LogP contribution in [0.5, 0.6) is 0 Å². The lowest BCUT2D eigenvalue weighted by atomic mass is 10.1. The van der Waals surface area contributed by atoms with Gasteiger partial charge in [-0.25, -0.2) is 0 Å². The fourth-order valence-corrected chi connectivity index (χ4v) is 1.59. The fraction of sp³-hybridized carbons (Fsp3) is 0.571. The molecule has 0 amide bonds. The van der Waals surface area contributed by atoms with Gasteiger partial charge >= 0.3 is 0 Å². The fourth-order valence-electron chi connectivity index (χ4n) is 1.59. The Kier molecular flexibility index (Phi) is 5.41. The lowest BCUT2D eigenvalue weighted by Gasteiger charge is -2.20. The molecular weight excluding hydrogens is 182 g/mol. The molecule has 15 heavy (non-hydrogen) atoms. The van der Waals surface area contributed by atoms with Crippen LogP contribution in [0.1, 0.15) is 32.3 Å². The van der Waals surface area contributed by atoms with Crippen molar-refractivity contribution in [2.45, 2.75) is 39.2 Å². The molecule has 1 aromatic carbocycles. The first-order valence-electron chi connectivity index (χ1n) is 5.94. The maximum Gasteiger partial charge on any atom is 0.00355 e. The molecule has 0 aliphatic carbocycles. The Hall–Kier alpha value is -0.820. The molecule has 0 bridgehead atoms. The molecule has 0 fully saturated rings. The van der Waals surface area contributed by atoms with Crippen LogP contribution in [-0.2, 0) is 6.42 Å². The van der Waals surface area contributed by atoms with E-state index < -0.39 is 0 Å². The molecule has 1 rings (SSSR count). The molecule has 1 aromatic rings. The topological polar surface area (TPSA) is 3.24 Å². The largest absolute Gasteiger partial charge is 0.304 e. The average molecular weight is 205 g/mol. The standard InChI is InChI=1S/C14H23N/c1-13(2)15(3)12-8-7-11-14-9-5-4-6-10-14/h4-6,9-10,13H,7-8,11-12H2,1-3H3. The maximum atomic E-state index is 2.41. The Balaban J connectivity index is 2.12. The van der Waals surface area contributed by atoms with Crippen LogP contribution in [0.3, 0.4) is 0 Å². The molecule has 0 aliphatic rings. The van der Waals surface area contributed by atoms with Crippen LogP contribution < -0.4 is 0 Å². The van der Waals surface area contributed by atoms with Crippen LogP contribution in [0.15, 0.2) is 30.3 Å². The number of hydrogen-bond acceptors (Lipinski definition) is 1. The predicted octanol–water partition coefficient (Wildman–Crippen LogP) is 3.35. The van der Waals surface area contributed by atoms with Gasteiger partial charge in [-0.3, -0.25) is 0 Å². The van der Waals surface area contributed by atoms with Crippen LogP contribution >= 0.6 is 0 Å². The van der Waals surface area contributed by atoms with Gasteiger partial charge in [0.25, 0.3) is 0 Å². The number of benzene rings is 1. The van der Waals surface area contributed by atoms with E-state index in [0.717, 1.165) is 0 Å². The number of hydrogen-bond donors (Lipinski definition) is 0. The van der Waals surface area contributed by atoms with Crippen molar-refractivity contribution >= 4 is 0 Å². The van der Waals surface area contributed by atoms with Crippen molar-refractivity contribution in [2.24, 2.45) is 0 Å². The highest BCUT2D eigenvalue weighted by Gasteiger charge is 2.01. The summed E-state index contributed by atoms with van der Waals surface area (Å²) in [5.74, 6) is 0. The smallest absolute Gasteiger partial charge is 0.00355 e. The van der Waals surface area contributed by atoms with Gasteiger partial charge in [-0.2, -0.15) is 0 Å². The Labute approximate surface area is 94.1 Å². The van der Waals surface area contributed by atoms with Crippen LogP contribution in [0.2, 0.25) is 0 Å². The Morgan fingerprint density at radius 1 is 1.07 bits per heavy atom. The predicted molar refractivity (Wildman–Crippen MR) is 67.1 cm³/mol. The van der Waals surface area contributed by atoms with Gasteiger partial charge in [0.2, 0.25) is 0 Å². The molecule has 0 atom stereocenters. The minimum absolute atomic E-state index is 0.668. The van der Waals surface area contributed by atoms with Gasteiger partial charge in [-0.1, -0.05) is 30.3 Å². The maximum absolute atomic E-state index is 2.41. The second-order valence-electron chi connectivity index (χ2n) is 4.52. The summed E-state index contributed by atoms with van der Waals surface area (Å²) in [6.07, 6.45) is 3.80. The normalized spacial score (nSPS) is 11.3. The van der Waals surface area contributed by atoms with Crippen molar-refractivity contribution in [1.29, 1.82) is 0 Å². The van der Waals surface area contributed by atoms with Gasteiger partial charge < -0.3 is 4.90 Å². The molecule has 0 aliphatic heterocycles. The number of nitrogens with zero attached hydrogens (tertiary/aromatic N) is 1. The third kappa shape index (κ3) is 4.98. The van der Waals surface area contributed by atoms with E-state index in [0.29, 0.717) is 6.04 Å². The van der Waals surface area contributed by atoms with Crippen LogP contribution in [0.25, 0.3) is 0 Å². The molecule has 84 valence electrons. The minimum Gasteiger partial charge on any atom is -0.304 e.